The first-order chi connectivity index (χ1) is 14.3. The number of amides is 1. The van der Waals surface area contributed by atoms with Crippen LogP contribution < -0.4 is 16.8 Å². The summed E-state index contributed by atoms with van der Waals surface area (Å²) in [6.45, 7) is 6.37. The van der Waals surface area contributed by atoms with Gasteiger partial charge < -0.3 is 21.2 Å². The molecule has 0 aliphatic heterocycles. The van der Waals surface area contributed by atoms with Gasteiger partial charge in [-0.05, 0) is 60.3 Å². The quantitative estimate of drug-likeness (QED) is 0.589. The van der Waals surface area contributed by atoms with Crippen molar-refractivity contribution in [3.8, 4) is 0 Å². The summed E-state index contributed by atoms with van der Waals surface area (Å²) in [6.07, 6.45) is 8.17. The molecule has 3 unspecified atom stereocenters. The lowest BCUT2D eigenvalue weighted by atomic mass is 9.76. The maximum atomic E-state index is 13.1. The van der Waals surface area contributed by atoms with Crippen LogP contribution in [0.15, 0.2) is 35.1 Å². The molecule has 158 valence electrons. The summed E-state index contributed by atoms with van der Waals surface area (Å²) >= 11 is 0. The summed E-state index contributed by atoms with van der Waals surface area (Å²) in [6, 6.07) is 4.03. The Kier molecular flexibility index (Phi) is 5.47. The molecule has 5 N–H and O–H groups in total. The molecule has 1 aliphatic rings. The smallest absolute Gasteiger partial charge is 0.263 e. The molecule has 4 rings (SSSR count). The minimum Gasteiger partial charge on any atom is -0.438 e. The zero-order chi connectivity index (χ0) is 21.4. The number of aromatic nitrogens is 2. The molecule has 7 nitrogen and oxygen atoms in total. The van der Waals surface area contributed by atoms with Crippen LogP contribution in [-0.2, 0) is 0 Å². The molecule has 3 aromatic heterocycles. The monoisotopic (exact) mass is 407 g/mol. The van der Waals surface area contributed by atoms with E-state index in [2.05, 4.69) is 36.1 Å². The highest BCUT2D eigenvalue weighted by Crippen LogP contribution is 2.38. The highest BCUT2D eigenvalue weighted by atomic mass is 16.3. The number of fused-ring (bicyclic) bond motifs is 1. The SMILES string of the molecule is CC1CC(N)CC(c2ccncc2NC(=O)c2c(N)oc3cc(C(C)C)cnc23)C1. The van der Waals surface area contributed by atoms with E-state index < -0.39 is 0 Å². The number of hydrogen-bond donors (Lipinski definition) is 3. The predicted octanol–water partition coefficient (Wildman–Crippen LogP) is 4.41. The summed E-state index contributed by atoms with van der Waals surface area (Å²) < 4.78 is 5.65. The van der Waals surface area contributed by atoms with Gasteiger partial charge in [0.2, 0.25) is 5.88 Å². The molecule has 0 spiro atoms. The second-order valence-corrected chi connectivity index (χ2v) is 8.80. The molecule has 0 aromatic carbocycles. The van der Waals surface area contributed by atoms with Gasteiger partial charge in [0.15, 0.2) is 5.58 Å². The van der Waals surface area contributed by atoms with Crippen LogP contribution >= 0.6 is 0 Å². The van der Waals surface area contributed by atoms with E-state index in [4.69, 9.17) is 15.9 Å². The standard InChI is InChI=1S/C23H29N5O2/c1-12(2)15-9-19-21(27-10-15)20(22(25)30-19)23(29)28-18-11-26-5-4-17(18)14-6-13(3)7-16(24)8-14/h4-5,9-14,16H,6-8,24-25H2,1-3H3,(H,28,29). The van der Waals surface area contributed by atoms with E-state index in [1.165, 1.54) is 0 Å². The van der Waals surface area contributed by atoms with Gasteiger partial charge in [0.25, 0.3) is 5.91 Å². The van der Waals surface area contributed by atoms with Crippen LogP contribution in [0, 0.1) is 5.92 Å². The van der Waals surface area contributed by atoms with Crippen molar-refractivity contribution in [1.29, 1.82) is 0 Å². The van der Waals surface area contributed by atoms with Crippen LogP contribution in [0.4, 0.5) is 11.6 Å². The number of nitrogens with zero attached hydrogens (tertiary/aromatic N) is 2. The van der Waals surface area contributed by atoms with Crippen molar-refractivity contribution in [2.45, 2.75) is 57.9 Å². The number of pyridine rings is 2. The van der Waals surface area contributed by atoms with E-state index in [1.54, 1.807) is 18.6 Å². The lowest BCUT2D eigenvalue weighted by Crippen LogP contribution is -2.31. The second kappa shape index (κ2) is 8.07. The minimum atomic E-state index is -0.349. The van der Waals surface area contributed by atoms with Crippen molar-refractivity contribution in [2.24, 2.45) is 11.7 Å². The summed E-state index contributed by atoms with van der Waals surface area (Å²) in [5, 5.41) is 2.99. The Balaban J connectivity index is 1.65. The van der Waals surface area contributed by atoms with Crippen LogP contribution in [0.25, 0.3) is 11.1 Å². The van der Waals surface area contributed by atoms with Crippen molar-refractivity contribution < 1.29 is 9.21 Å². The highest BCUT2D eigenvalue weighted by Gasteiger charge is 2.28. The Labute approximate surface area is 176 Å². The molecular weight excluding hydrogens is 378 g/mol. The van der Waals surface area contributed by atoms with E-state index in [0.717, 1.165) is 30.4 Å². The third-order valence-electron chi connectivity index (χ3n) is 5.99. The van der Waals surface area contributed by atoms with Gasteiger partial charge in [-0.1, -0.05) is 20.8 Å². The van der Waals surface area contributed by atoms with Crippen LogP contribution in [0.3, 0.4) is 0 Å². The molecular formula is C23H29N5O2. The molecule has 30 heavy (non-hydrogen) atoms. The van der Waals surface area contributed by atoms with Gasteiger partial charge in [-0.25, -0.2) is 0 Å². The topological polar surface area (TPSA) is 120 Å². The number of nitrogen functional groups attached to an aromatic ring is 1. The van der Waals surface area contributed by atoms with Gasteiger partial charge in [0, 0.05) is 18.4 Å². The zero-order valence-electron chi connectivity index (χ0n) is 17.7. The first-order valence-electron chi connectivity index (χ1n) is 10.5. The maximum Gasteiger partial charge on any atom is 0.263 e. The molecule has 1 fully saturated rings. The average Bonchev–Trinajstić information content (AvgIpc) is 3.02. The number of nitrogens with two attached hydrogens (primary N) is 2. The first-order valence-corrected chi connectivity index (χ1v) is 10.5. The average molecular weight is 408 g/mol. The Bertz CT molecular complexity index is 1060. The number of anilines is 2. The fourth-order valence-corrected chi connectivity index (χ4v) is 4.51. The van der Waals surface area contributed by atoms with Gasteiger partial charge in [0.1, 0.15) is 11.1 Å². The van der Waals surface area contributed by atoms with E-state index >= 15 is 0 Å². The lowest BCUT2D eigenvalue weighted by molar-refractivity contribution is 0.102. The Morgan fingerprint density at radius 1 is 1.27 bits per heavy atom. The Morgan fingerprint density at radius 2 is 2.07 bits per heavy atom. The molecule has 0 saturated heterocycles. The largest absolute Gasteiger partial charge is 0.438 e. The summed E-state index contributed by atoms with van der Waals surface area (Å²) in [4.78, 5) is 21.8. The fourth-order valence-electron chi connectivity index (χ4n) is 4.51. The van der Waals surface area contributed by atoms with Gasteiger partial charge in [-0.3, -0.25) is 14.8 Å². The molecule has 7 heteroatoms. The molecule has 1 amide bonds. The Morgan fingerprint density at radius 3 is 2.80 bits per heavy atom. The molecule has 1 saturated carbocycles. The van der Waals surface area contributed by atoms with Crippen molar-refractivity contribution in [1.82, 2.24) is 9.97 Å². The van der Waals surface area contributed by atoms with Gasteiger partial charge in [-0.15, -0.1) is 0 Å². The number of rotatable bonds is 4. The van der Waals surface area contributed by atoms with Crippen LogP contribution in [-0.4, -0.2) is 21.9 Å². The zero-order valence-corrected chi connectivity index (χ0v) is 17.7. The molecule has 1 aliphatic carbocycles. The molecule has 0 radical (unpaired) electrons. The molecule has 3 aromatic rings. The lowest BCUT2D eigenvalue weighted by Gasteiger charge is -2.32. The van der Waals surface area contributed by atoms with Crippen LogP contribution in [0.2, 0.25) is 0 Å². The summed E-state index contributed by atoms with van der Waals surface area (Å²) in [5.41, 5.74) is 16.3. The first kappa shape index (κ1) is 20.3. The molecule has 3 heterocycles. The normalized spacial score (nSPS) is 21.8. The van der Waals surface area contributed by atoms with Gasteiger partial charge in [-0.2, -0.15) is 0 Å². The highest BCUT2D eigenvalue weighted by molar-refractivity contribution is 6.14. The maximum absolute atomic E-state index is 13.1. The van der Waals surface area contributed by atoms with Crippen LogP contribution in [0.1, 0.15) is 73.4 Å². The van der Waals surface area contributed by atoms with Crippen molar-refractivity contribution in [3.63, 3.8) is 0 Å². The number of nitrogens with one attached hydrogen (secondary N) is 1. The number of furan rings is 1. The number of hydrogen-bond acceptors (Lipinski definition) is 6. The fraction of sp³-hybridized carbons (Fsp3) is 0.435. The third kappa shape index (κ3) is 3.89. The molecule has 0 bridgehead atoms. The second-order valence-electron chi connectivity index (χ2n) is 8.80. The third-order valence-corrected chi connectivity index (χ3v) is 5.99. The summed E-state index contributed by atoms with van der Waals surface area (Å²) in [5.74, 6) is 0.844. The van der Waals surface area contributed by atoms with Gasteiger partial charge >= 0.3 is 0 Å². The number of carbonyl (C=O) groups excluding carboxylic acids is 1. The van der Waals surface area contributed by atoms with Gasteiger partial charge in [0.05, 0.1) is 11.9 Å². The van der Waals surface area contributed by atoms with Crippen molar-refractivity contribution in [3.05, 3.63) is 47.4 Å². The predicted molar refractivity (Wildman–Crippen MR) is 118 cm³/mol. The van der Waals surface area contributed by atoms with Crippen LogP contribution in [0.5, 0.6) is 0 Å². The Hall–Kier alpha value is -2.93. The van der Waals surface area contributed by atoms with E-state index in [-0.39, 0.29) is 29.3 Å². The van der Waals surface area contributed by atoms with Crippen molar-refractivity contribution in [2.75, 3.05) is 11.1 Å². The van der Waals surface area contributed by atoms with Crippen molar-refractivity contribution >= 4 is 28.6 Å². The minimum absolute atomic E-state index is 0.0645. The van der Waals surface area contributed by atoms with E-state index in [1.807, 2.05) is 12.1 Å². The van der Waals surface area contributed by atoms with E-state index in [9.17, 15) is 4.79 Å². The summed E-state index contributed by atoms with van der Waals surface area (Å²) in [7, 11) is 0. The van der Waals surface area contributed by atoms with E-state index in [0.29, 0.717) is 28.6 Å². The number of carbonyl (C=O) groups is 1. The molecule has 3 atom stereocenters.